The molecule has 0 saturated carbocycles. The number of phenols is 1. The number of benzene rings is 2. The fraction of sp³-hybridized carbons (Fsp3) is 0.500. The van der Waals surface area contributed by atoms with Crippen molar-refractivity contribution in [2.45, 2.75) is 63.2 Å². The Labute approximate surface area is 259 Å². The van der Waals surface area contributed by atoms with E-state index in [0.29, 0.717) is 49.8 Å². The first kappa shape index (κ1) is 28.6. The molecule has 3 N–H and O–H groups in total. The molecular weight excluding hydrogens is 578 g/mol. The third-order valence-corrected chi connectivity index (χ3v) is 10.6. The number of aromatic amines is 1. The summed E-state index contributed by atoms with van der Waals surface area (Å²) in [6.07, 6.45) is 3.91. The second-order valence-electron chi connectivity index (χ2n) is 13.4. The van der Waals surface area contributed by atoms with Crippen molar-refractivity contribution in [3.8, 4) is 23.0 Å². The van der Waals surface area contributed by atoms with Crippen molar-refractivity contribution < 1.29 is 18.6 Å². The van der Waals surface area contributed by atoms with Crippen LogP contribution in [0, 0.1) is 11.7 Å². The van der Waals surface area contributed by atoms with Crippen LogP contribution in [0.2, 0.25) is 0 Å². The van der Waals surface area contributed by atoms with Gasteiger partial charge in [-0.25, -0.2) is 8.78 Å². The summed E-state index contributed by atoms with van der Waals surface area (Å²) in [7, 11) is 0. The molecule has 0 spiro atoms. The van der Waals surface area contributed by atoms with Crippen molar-refractivity contribution in [3.63, 3.8) is 0 Å². The molecule has 4 aliphatic rings. The van der Waals surface area contributed by atoms with Crippen LogP contribution in [-0.2, 0) is 6.42 Å². The zero-order chi connectivity index (χ0) is 30.9. The van der Waals surface area contributed by atoms with Gasteiger partial charge in [0.15, 0.2) is 5.82 Å². The number of halogens is 2. The highest BCUT2D eigenvalue weighted by Crippen LogP contribution is 2.41. The van der Waals surface area contributed by atoms with Gasteiger partial charge >= 0.3 is 6.01 Å². The quantitative estimate of drug-likeness (QED) is 0.287. The van der Waals surface area contributed by atoms with E-state index in [0.717, 1.165) is 55.1 Å². The lowest BCUT2D eigenvalue weighted by atomic mass is 9.95. The average molecular weight is 617 g/mol. The SMILES string of the molecule is CCc1cccc2cc(O)cc(-c3[nH]c(=O)c4c(N5CCC6CNC(C6)C5)nc(OC[C@@]56CCCN5CC(F)C6)nc4c3F)c12. The number of nitrogens with zero attached hydrogens (tertiary/aromatic N) is 4. The highest BCUT2D eigenvalue weighted by Gasteiger charge is 2.49. The third kappa shape index (κ3) is 4.82. The number of nitrogens with one attached hydrogen (secondary N) is 2. The molecule has 4 atom stereocenters. The van der Waals surface area contributed by atoms with Gasteiger partial charge < -0.3 is 25.0 Å². The van der Waals surface area contributed by atoms with Gasteiger partial charge in [0, 0.05) is 37.7 Å². The van der Waals surface area contributed by atoms with Crippen LogP contribution >= 0.6 is 0 Å². The molecular formula is C34H38F2N6O3. The van der Waals surface area contributed by atoms with E-state index in [1.807, 2.05) is 30.0 Å². The van der Waals surface area contributed by atoms with E-state index in [-0.39, 0.29) is 41.0 Å². The van der Waals surface area contributed by atoms with Crippen LogP contribution in [0.3, 0.4) is 0 Å². The van der Waals surface area contributed by atoms with E-state index in [9.17, 15) is 14.3 Å². The Hall–Kier alpha value is -3.83. The number of H-pyrrole nitrogens is 1. The lowest BCUT2D eigenvalue weighted by molar-refractivity contribution is 0.107. The molecule has 9 nitrogen and oxygen atoms in total. The van der Waals surface area contributed by atoms with Gasteiger partial charge in [-0.15, -0.1) is 0 Å². The normalized spacial score (nSPS) is 26.6. The van der Waals surface area contributed by atoms with E-state index in [2.05, 4.69) is 20.2 Å². The number of anilines is 1. The number of fused-ring (bicyclic) bond motifs is 5. The summed E-state index contributed by atoms with van der Waals surface area (Å²) in [5.74, 6) is 0.145. The van der Waals surface area contributed by atoms with Crippen LogP contribution in [0.25, 0.3) is 32.9 Å². The highest BCUT2D eigenvalue weighted by molar-refractivity contribution is 6.01. The summed E-state index contributed by atoms with van der Waals surface area (Å²) < 4.78 is 37.7. The van der Waals surface area contributed by atoms with E-state index in [1.165, 1.54) is 6.07 Å². The molecule has 45 heavy (non-hydrogen) atoms. The summed E-state index contributed by atoms with van der Waals surface area (Å²) in [6.45, 7) is 5.69. The number of hydrogen-bond donors (Lipinski definition) is 3. The van der Waals surface area contributed by atoms with Gasteiger partial charge in [0.25, 0.3) is 5.56 Å². The molecule has 2 bridgehead atoms. The number of aryl methyl sites for hydroxylation is 1. The van der Waals surface area contributed by atoms with Crippen molar-refractivity contribution in [2.24, 2.45) is 5.92 Å². The maximum atomic E-state index is 16.9. The van der Waals surface area contributed by atoms with Gasteiger partial charge in [0.2, 0.25) is 0 Å². The molecule has 4 aromatic rings. The fourth-order valence-corrected chi connectivity index (χ4v) is 8.40. The van der Waals surface area contributed by atoms with Gasteiger partial charge in [-0.2, -0.15) is 9.97 Å². The molecule has 4 fully saturated rings. The first-order chi connectivity index (χ1) is 21.8. The number of phenolic OH excluding ortho intramolecular Hbond substituents is 1. The second kappa shape index (κ2) is 10.9. The third-order valence-electron chi connectivity index (χ3n) is 10.6. The topological polar surface area (TPSA) is 107 Å². The van der Waals surface area contributed by atoms with Crippen LogP contribution in [0.15, 0.2) is 35.1 Å². The fourth-order valence-electron chi connectivity index (χ4n) is 8.40. The Morgan fingerprint density at radius 2 is 2.07 bits per heavy atom. The molecule has 2 aromatic carbocycles. The molecule has 6 heterocycles. The first-order valence-corrected chi connectivity index (χ1v) is 16.2. The minimum Gasteiger partial charge on any atom is -0.508 e. The Morgan fingerprint density at radius 1 is 1.18 bits per heavy atom. The molecule has 236 valence electrons. The number of alkyl halides is 1. The number of rotatable bonds is 6. The first-order valence-electron chi connectivity index (χ1n) is 16.2. The van der Waals surface area contributed by atoms with Crippen LogP contribution in [0.1, 0.15) is 44.6 Å². The zero-order valence-electron chi connectivity index (χ0n) is 25.4. The van der Waals surface area contributed by atoms with Crippen LogP contribution in [0.4, 0.5) is 14.6 Å². The van der Waals surface area contributed by atoms with Crippen molar-refractivity contribution in [2.75, 3.05) is 44.2 Å². The molecule has 8 rings (SSSR count). The average Bonchev–Trinajstić information content (AvgIpc) is 3.67. The molecule has 4 aliphatic heterocycles. The standard InChI is InChI=1S/C34H38F2N6O3/c1-2-20-5-3-6-21-12-24(43)13-25(26(20)21)29-28(36)30-27(32(44)38-29)31(41-10-7-19-11-23(17-41)37-15-19)40-33(39-30)45-18-34-8-4-9-42(34)16-22(35)14-34/h3,5-6,12-13,19,22-23,37,43H,2,4,7-11,14-18H2,1H3,(H,38,44)/t19?,22?,23?,34-/m0/s1. The van der Waals surface area contributed by atoms with Gasteiger partial charge in [0.1, 0.15) is 35.2 Å². The number of aromatic hydroxyl groups is 1. The maximum Gasteiger partial charge on any atom is 0.319 e. The molecule has 2 aromatic heterocycles. The second-order valence-corrected chi connectivity index (χ2v) is 13.4. The van der Waals surface area contributed by atoms with Gasteiger partial charge in [-0.3, -0.25) is 9.69 Å². The summed E-state index contributed by atoms with van der Waals surface area (Å²) >= 11 is 0. The summed E-state index contributed by atoms with van der Waals surface area (Å²) in [5, 5.41) is 15.7. The van der Waals surface area contributed by atoms with Crippen molar-refractivity contribution in [1.82, 2.24) is 25.2 Å². The Morgan fingerprint density at radius 3 is 2.93 bits per heavy atom. The van der Waals surface area contributed by atoms with E-state index >= 15 is 4.39 Å². The maximum absolute atomic E-state index is 16.9. The molecule has 0 aliphatic carbocycles. The van der Waals surface area contributed by atoms with Crippen molar-refractivity contribution in [3.05, 3.63) is 52.1 Å². The largest absolute Gasteiger partial charge is 0.508 e. The molecule has 4 saturated heterocycles. The summed E-state index contributed by atoms with van der Waals surface area (Å²) in [5.41, 5.74) is 0.241. The molecule has 0 amide bonds. The van der Waals surface area contributed by atoms with Crippen LogP contribution in [-0.4, -0.2) is 82.0 Å². The molecule has 0 radical (unpaired) electrons. The number of hydrogen-bond acceptors (Lipinski definition) is 8. The van der Waals surface area contributed by atoms with E-state index in [1.54, 1.807) is 6.07 Å². The molecule has 11 heteroatoms. The van der Waals surface area contributed by atoms with E-state index < -0.39 is 23.1 Å². The Kier molecular flexibility index (Phi) is 6.94. The van der Waals surface area contributed by atoms with E-state index in [4.69, 9.17) is 9.72 Å². The van der Waals surface area contributed by atoms with Gasteiger partial charge in [0.05, 0.1) is 11.2 Å². The number of aromatic nitrogens is 3. The predicted octanol–water partition coefficient (Wildman–Crippen LogP) is 4.69. The molecule has 3 unspecified atom stereocenters. The monoisotopic (exact) mass is 616 g/mol. The Bertz CT molecular complexity index is 1870. The lowest BCUT2D eigenvalue weighted by Crippen LogP contribution is -2.43. The number of ether oxygens (including phenoxy) is 1. The Balaban J connectivity index is 1.29. The van der Waals surface area contributed by atoms with Crippen molar-refractivity contribution in [1.29, 1.82) is 0 Å². The predicted molar refractivity (Wildman–Crippen MR) is 169 cm³/mol. The minimum absolute atomic E-state index is 0.0196. The van der Waals surface area contributed by atoms with Crippen molar-refractivity contribution >= 4 is 27.5 Å². The highest BCUT2D eigenvalue weighted by atomic mass is 19.1. The minimum atomic E-state index is -0.911. The smallest absolute Gasteiger partial charge is 0.319 e. The zero-order valence-corrected chi connectivity index (χ0v) is 25.4. The summed E-state index contributed by atoms with van der Waals surface area (Å²) in [4.78, 5) is 30.3. The van der Waals surface area contributed by atoms with Crippen LogP contribution < -0.4 is 20.5 Å². The van der Waals surface area contributed by atoms with Crippen LogP contribution in [0.5, 0.6) is 11.8 Å². The number of pyridine rings is 1. The van der Waals surface area contributed by atoms with Gasteiger partial charge in [-0.1, -0.05) is 25.1 Å². The lowest BCUT2D eigenvalue weighted by Gasteiger charge is -2.31. The van der Waals surface area contributed by atoms with Gasteiger partial charge in [-0.05, 0) is 79.6 Å². The summed E-state index contributed by atoms with van der Waals surface area (Å²) in [6, 6.07) is 9.07.